The summed E-state index contributed by atoms with van der Waals surface area (Å²) in [4.78, 5) is 16.4. The minimum absolute atomic E-state index is 0.308. The maximum atomic E-state index is 11.9. The zero-order valence-electron chi connectivity index (χ0n) is 11.3. The molecular formula is C13H27N3O. The first kappa shape index (κ1) is 14.5. The quantitative estimate of drug-likeness (QED) is 0.707. The summed E-state index contributed by atoms with van der Waals surface area (Å²) in [5.74, 6) is 0.308. The number of rotatable bonds is 6. The molecule has 1 fully saturated rings. The third-order valence-corrected chi connectivity index (χ3v) is 3.73. The number of nitrogens with zero attached hydrogens (tertiary/aromatic N) is 2. The highest BCUT2D eigenvalue weighted by Crippen LogP contribution is 2.10. The monoisotopic (exact) mass is 241 g/mol. The molecule has 0 aromatic rings. The Bertz CT molecular complexity index is 225. The van der Waals surface area contributed by atoms with E-state index in [0.29, 0.717) is 24.9 Å². The average Bonchev–Trinajstić information content (AvgIpc) is 2.38. The number of carbonyl (C=O) groups excluding carboxylic acids is 1. The molecule has 4 nitrogen and oxygen atoms in total. The lowest BCUT2D eigenvalue weighted by Crippen LogP contribution is -2.51. The van der Waals surface area contributed by atoms with E-state index in [1.807, 2.05) is 4.90 Å². The number of unbranched alkanes of at least 4 members (excludes halogenated alkanes) is 1. The summed E-state index contributed by atoms with van der Waals surface area (Å²) in [5, 5.41) is 0. The Labute approximate surface area is 105 Å². The van der Waals surface area contributed by atoms with Gasteiger partial charge in [0, 0.05) is 38.6 Å². The molecule has 1 amide bonds. The van der Waals surface area contributed by atoms with E-state index in [2.05, 4.69) is 18.7 Å². The molecule has 1 aliphatic heterocycles. The van der Waals surface area contributed by atoms with Gasteiger partial charge in [0.05, 0.1) is 0 Å². The molecule has 0 aromatic heterocycles. The molecule has 0 bridgehead atoms. The second-order valence-corrected chi connectivity index (χ2v) is 4.92. The van der Waals surface area contributed by atoms with Crippen molar-refractivity contribution in [2.24, 2.45) is 5.73 Å². The summed E-state index contributed by atoms with van der Waals surface area (Å²) >= 11 is 0. The van der Waals surface area contributed by atoms with Crippen molar-refractivity contribution in [2.75, 3.05) is 32.7 Å². The number of carbonyl (C=O) groups is 1. The van der Waals surface area contributed by atoms with Crippen LogP contribution < -0.4 is 5.73 Å². The Balaban J connectivity index is 2.24. The number of hydrogen-bond donors (Lipinski definition) is 1. The van der Waals surface area contributed by atoms with E-state index < -0.39 is 0 Å². The van der Waals surface area contributed by atoms with E-state index in [9.17, 15) is 4.79 Å². The number of nitrogens with two attached hydrogens (primary N) is 1. The second kappa shape index (κ2) is 7.67. The minimum Gasteiger partial charge on any atom is -0.340 e. The summed E-state index contributed by atoms with van der Waals surface area (Å²) in [6, 6.07) is 0.643. The van der Waals surface area contributed by atoms with Crippen LogP contribution in [0, 0.1) is 0 Å². The van der Waals surface area contributed by atoms with Crippen LogP contribution in [0.4, 0.5) is 0 Å². The van der Waals surface area contributed by atoms with Crippen LogP contribution in [-0.4, -0.2) is 54.5 Å². The van der Waals surface area contributed by atoms with E-state index >= 15 is 0 Å². The van der Waals surface area contributed by atoms with Crippen molar-refractivity contribution in [1.29, 1.82) is 0 Å². The van der Waals surface area contributed by atoms with Gasteiger partial charge < -0.3 is 10.6 Å². The zero-order valence-corrected chi connectivity index (χ0v) is 11.3. The van der Waals surface area contributed by atoms with E-state index in [4.69, 9.17) is 5.73 Å². The van der Waals surface area contributed by atoms with Crippen LogP contribution in [0.5, 0.6) is 0 Å². The first-order valence-corrected chi connectivity index (χ1v) is 6.91. The number of amides is 1. The third-order valence-electron chi connectivity index (χ3n) is 3.73. The molecule has 0 aromatic carbocycles. The molecule has 0 radical (unpaired) electrons. The van der Waals surface area contributed by atoms with Crippen molar-refractivity contribution < 1.29 is 4.79 Å². The standard InChI is InChI=1S/C13H27N3O/c1-3-12(2)15-8-10-16(11-9-15)13(17)6-4-5-7-14/h12H,3-11,14H2,1-2H3. The summed E-state index contributed by atoms with van der Waals surface area (Å²) in [6.45, 7) is 9.01. The normalized spacial score (nSPS) is 19.4. The van der Waals surface area contributed by atoms with Gasteiger partial charge in [-0.2, -0.15) is 0 Å². The maximum absolute atomic E-state index is 11.9. The van der Waals surface area contributed by atoms with Crippen molar-refractivity contribution in [1.82, 2.24) is 9.80 Å². The maximum Gasteiger partial charge on any atom is 0.222 e. The fraction of sp³-hybridized carbons (Fsp3) is 0.923. The van der Waals surface area contributed by atoms with Crippen molar-refractivity contribution in [2.45, 2.75) is 45.6 Å². The first-order chi connectivity index (χ1) is 8.19. The van der Waals surface area contributed by atoms with Crippen LogP contribution >= 0.6 is 0 Å². The minimum atomic E-state index is 0.308. The van der Waals surface area contributed by atoms with Gasteiger partial charge in [0.25, 0.3) is 0 Å². The van der Waals surface area contributed by atoms with E-state index in [1.54, 1.807) is 0 Å². The van der Waals surface area contributed by atoms with Crippen molar-refractivity contribution in [3.8, 4) is 0 Å². The van der Waals surface area contributed by atoms with Crippen LogP contribution in [0.3, 0.4) is 0 Å². The average molecular weight is 241 g/mol. The Morgan fingerprint density at radius 2 is 1.88 bits per heavy atom. The summed E-state index contributed by atoms with van der Waals surface area (Å²) in [7, 11) is 0. The predicted molar refractivity (Wildman–Crippen MR) is 70.8 cm³/mol. The van der Waals surface area contributed by atoms with Gasteiger partial charge in [0.15, 0.2) is 0 Å². The molecule has 1 aliphatic rings. The lowest BCUT2D eigenvalue weighted by atomic mass is 10.1. The lowest BCUT2D eigenvalue weighted by Gasteiger charge is -2.37. The van der Waals surface area contributed by atoms with E-state index in [1.165, 1.54) is 6.42 Å². The lowest BCUT2D eigenvalue weighted by molar-refractivity contribution is -0.133. The SMILES string of the molecule is CCC(C)N1CCN(C(=O)CCCCN)CC1. The highest BCUT2D eigenvalue weighted by molar-refractivity contribution is 5.76. The molecule has 1 saturated heterocycles. The predicted octanol–water partition coefficient (Wildman–Crippen LogP) is 1.06. The van der Waals surface area contributed by atoms with Crippen molar-refractivity contribution in [3.63, 3.8) is 0 Å². The molecule has 0 saturated carbocycles. The first-order valence-electron chi connectivity index (χ1n) is 6.91. The number of hydrogen-bond acceptors (Lipinski definition) is 3. The van der Waals surface area contributed by atoms with Crippen LogP contribution in [-0.2, 0) is 4.79 Å². The van der Waals surface area contributed by atoms with Crippen LogP contribution in [0.1, 0.15) is 39.5 Å². The highest BCUT2D eigenvalue weighted by Gasteiger charge is 2.22. The molecule has 2 N–H and O–H groups in total. The fourth-order valence-electron chi connectivity index (χ4n) is 2.25. The highest BCUT2D eigenvalue weighted by atomic mass is 16.2. The van der Waals surface area contributed by atoms with Gasteiger partial charge in [-0.05, 0) is 32.7 Å². The smallest absolute Gasteiger partial charge is 0.222 e. The summed E-state index contributed by atoms with van der Waals surface area (Å²) in [6.07, 6.45) is 3.74. The Hall–Kier alpha value is -0.610. The van der Waals surface area contributed by atoms with Crippen LogP contribution in [0.15, 0.2) is 0 Å². The van der Waals surface area contributed by atoms with Crippen LogP contribution in [0.2, 0.25) is 0 Å². The Kier molecular flexibility index (Phi) is 6.52. The molecule has 100 valence electrons. The van der Waals surface area contributed by atoms with Crippen LogP contribution in [0.25, 0.3) is 0 Å². The van der Waals surface area contributed by atoms with Gasteiger partial charge in [0.1, 0.15) is 0 Å². The summed E-state index contributed by atoms with van der Waals surface area (Å²) in [5.41, 5.74) is 5.43. The molecule has 1 atom stereocenters. The van der Waals surface area contributed by atoms with Gasteiger partial charge in [-0.15, -0.1) is 0 Å². The Morgan fingerprint density at radius 1 is 1.24 bits per heavy atom. The topological polar surface area (TPSA) is 49.6 Å². The van der Waals surface area contributed by atoms with E-state index in [-0.39, 0.29) is 0 Å². The molecule has 1 heterocycles. The van der Waals surface area contributed by atoms with Gasteiger partial charge in [-0.1, -0.05) is 6.92 Å². The second-order valence-electron chi connectivity index (χ2n) is 4.92. The molecule has 4 heteroatoms. The van der Waals surface area contributed by atoms with Gasteiger partial charge in [0.2, 0.25) is 5.91 Å². The molecule has 17 heavy (non-hydrogen) atoms. The molecule has 0 aliphatic carbocycles. The van der Waals surface area contributed by atoms with E-state index in [0.717, 1.165) is 39.0 Å². The fourth-order valence-corrected chi connectivity index (χ4v) is 2.25. The molecular weight excluding hydrogens is 214 g/mol. The largest absolute Gasteiger partial charge is 0.340 e. The van der Waals surface area contributed by atoms with Gasteiger partial charge >= 0.3 is 0 Å². The zero-order chi connectivity index (χ0) is 12.7. The molecule has 0 spiro atoms. The van der Waals surface area contributed by atoms with Gasteiger partial charge in [-0.25, -0.2) is 0 Å². The molecule has 1 unspecified atom stereocenters. The van der Waals surface area contributed by atoms with Gasteiger partial charge in [-0.3, -0.25) is 9.69 Å². The van der Waals surface area contributed by atoms with Crippen molar-refractivity contribution >= 4 is 5.91 Å². The number of piperazine rings is 1. The third kappa shape index (κ3) is 4.64. The van der Waals surface area contributed by atoms with Crippen molar-refractivity contribution in [3.05, 3.63) is 0 Å². The Morgan fingerprint density at radius 3 is 2.41 bits per heavy atom. The summed E-state index contributed by atoms with van der Waals surface area (Å²) < 4.78 is 0. The molecule has 1 rings (SSSR count).